The minimum Gasteiger partial charge on any atom is -0.384 e. The zero-order chi connectivity index (χ0) is 13.0. The van der Waals surface area contributed by atoms with Gasteiger partial charge in [0, 0.05) is 30.6 Å². The van der Waals surface area contributed by atoms with E-state index in [1.807, 2.05) is 0 Å². The maximum Gasteiger partial charge on any atom is 0.222 e. The third-order valence-electron chi connectivity index (χ3n) is 2.89. The first kappa shape index (κ1) is 12.6. The normalized spacial score (nSPS) is 14.6. The van der Waals surface area contributed by atoms with Crippen molar-refractivity contribution in [2.45, 2.75) is 19.4 Å². The number of rotatable bonds is 2. The number of aliphatic hydroxyl groups is 1. The molecule has 1 aromatic rings. The molecule has 0 spiro atoms. The molecule has 0 bridgehead atoms. The van der Waals surface area contributed by atoms with Crippen LogP contribution in [0.2, 0.25) is 0 Å². The van der Waals surface area contributed by atoms with Crippen molar-refractivity contribution in [3.8, 4) is 11.8 Å². The van der Waals surface area contributed by atoms with Crippen LogP contribution in [-0.2, 0) is 11.3 Å². The molecule has 0 aromatic heterocycles. The van der Waals surface area contributed by atoms with Crippen LogP contribution in [0.3, 0.4) is 0 Å². The van der Waals surface area contributed by atoms with Gasteiger partial charge in [-0.25, -0.2) is 4.39 Å². The van der Waals surface area contributed by atoms with Crippen molar-refractivity contribution in [2.24, 2.45) is 0 Å². The van der Waals surface area contributed by atoms with E-state index in [4.69, 9.17) is 5.11 Å². The summed E-state index contributed by atoms with van der Waals surface area (Å²) in [6.45, 7) is 0.751. The Balaban J connectivity index is 2.18. The van der Waals surface area contributed by atoms with Gasteiger partial charge in [0.25, 0.3) is 0 Å². The first-order valence-corrected chi connectivity index (χ1v) is 5.86. The monoisotopic (exact) mass is 247 g/mol. The Morgan fingerprint density at radius 3 is 2.94 bits per heavy atom. The number of likely N-dealkylation sites (tertiary alicyclic amines) is 1. The van der Waals surface area contributed by atoms with Crippen LogP contribution in [0.15, 0.2) is 18.2 Å². The van der Waals surface area contributed by atoms with E-state index in [2.05, 4.69) is 11.8 Å². The lowest BCUT2D eigenvalue weighted by Crippen LogP contribution is -2.24. The molecule has 0 atom stereocenters. The van der Waals surface area contributed by atoms with E-state index in [9.17, 15) is 9.18 Å². The summed E-state index contributed by atoms with van der Waals surface area (Å²) in [5.41, 5.74) is 1.11. The fraction of sp³-hybridized carbons (Fsp3) is 0.357. The molecule has 1 aliphatic heterocycles. The second-order valence-electron chi connectivity index (χ2n) is 4.18. The summed E-state index contributed by atoms with van der Waals surface area (Å²) >= 11 is 0. The van der Waals surface area contributed by atoms with Gasteiger partial charge >= 0.3 is 0 Å². The Labute approximate surface area is 105 Å². The third-order valence-corrected chi connectivity index (χ3v) is 2.89. The highest BCUT2D eigenvalue weighted by Crippen LogP contribution is 2.17. The molecular weight excluding hydrogens is 233 g/mol. The Hall–Kier alpha value is -1.86. The van der Waals surface area contributed by atoms with Crippen LogP contribution in [0.5, 0.6) is 0 Å². The van der Waals surface area contributed by atoms with Crippen LogP contribution < -0.4 is 0 Å². The summed E-state index contributed by atoms with van der Waals surface area (Å²) in [5, 5.41) is 8.62. The number of hydrogen-bond donors (Lipinski definition) is 1. The lowest BCUT2D eigenvalue weighted by Gasteiger charge is -2.16. The van der Waals surface area contributed by atoms with Crippen LogP contribution in [0.25, 0.3) is 0 Å². The molecule has 0 saturated carbocycles. The summed E-state index contributed by atoms with van der Waals surface area (Å²) in [5.74, 6) is 4.99. The third kappa shape index (κ3) is 2.88. The Bertz CT molecular complexity index is 516. The van der Waals surface area contributed by atoms with Gasteiger partial charge < -0.3 is 10.0 Å². The Morgan fingerprint density at radius 1 is 1.44 bits per heavy atom. The molecule has 94 valence electrons. The number of halogens is 1. The van der Waals surface area contributed by atoms with Crippen molar-refractivity contribution in [1.29, 1.82) is 0 Å². The van der Waals surface area contributed by atoms with Gasteiger partial charge in [0.15, 0.2) is 0 Å². The van der Waals surface area contributed by atoms with Crippen molar-refractivity contribution in [2.75, 3.05) is 13.2 Å². The first-order chi connectivity index (χ1) is 8.70. The predicted molar refractivity (Wildman–Crippen MR) is 65.0 cm³/mol. The van der Waals surface area contributed by atoms with E-state index in [0.717, 1.165) is 6.42 Å². The topological polar surface area (TPSA) is 40.5 Å². The van der Waals surface area contributed by atoms with E-state index in [0.29, 0.717) is 30.6 Å². The van der Waals surface area contributed by atoms with Gasteiger partial charge in [0.1, 0.15) is 12.4 Å². The maximum atomic E-state index is 13.6. The number of hydrogen-bond acceptors (Lipinski definition) is 2. The number of nitrogens with zero attached hydrogens (tertiary/aromatic N) is 1. The molecule has 4 heteroatoms. The first-order valence-electron chi connectivity index (χ1n) is 5.86. The number of carbonyl (C=O) groups is 1. The Morgan fingerprint density at radius 2 is 2.28 bits per heavy atom. The SMILES string of the molecule is O=C1CCCN1Cc1cc(C#CCO)ccc1F. The van der Waals surface area contributed by atoms with E-state index in [1.165, 1.54) is 6.07 Å². The molecule has 1 amide bonds. The fourth-order valence-electron chi connectivity index (χ4n) is 1.99. The van der Waals surface area contributed by atoms with Crippen LogP contribution in [0.4, 0.5) is 4.39 Å². The zero-order valence-corrected chi connectivity index (χ0v) is 9.95. The largest absolute Gasteiger partial charge is 0.384 e. The number of benzene rings is 1. The summed E-state index contributed by atoms with van der Waals surface area (Å²) in [6.07, 6.45) is 1.39. The summed E-state index contributed by atoms with van der Waals surface area (Å²) < 4.78 is 13.6. The van der Waals surface area contributed by atoms with E-state index in [-0.39, 0.29) is 18.3 Å². The summed E-state index contributed by atoms with van der Waals surface area (Å²) in [4.78, 5) is 13.1. The van der Waals surface area contributed by atoms with Gasteiger partial charge in [0.2, 0.25) is 5.91 Å². The minimum absolute atomic E-state index is 0.0706. The number of amides is 1. The maximum absolute atomic E-state index is 13.6. The smallest absolute Gasteiger partial charge is 0.222 e. The molecule has 1 aromatic carbocycles. The van der Waals surface area contributed by atoms with Crippen molar-refractivity contribution in [3.05, 3.63) is 35.1 Å². The lowest BCUT2D eigenvalue weighted by molar-refractivity contribution is -0.128. The second-order valence-corrected chi connectivity index (χ2v) is 4.18. The van der Waals surface area contributed by atoms with Gasteiger partial charge in [-0.3, -0.25) is 4.79 Å². The van der Waals surface area contributed by atoms with Gasteiger partial charge in [-0.05, 0) is 24.6 Å². The fourth-order valence-corrected chi connectivity index (χ4v) is 1.99. The summed E-state index contributed by atoms with van der Waals surface area (Å²) in [6, 6.07) is 4.54. The number of carbonyl (C=O) groups excluding carboxylic acids is 1. The minimum atomic E-state index is -0.329. The zero-order valence-electron chi connectivity index (χ0n) is 9.95. The van der Waals surface area contributed by atoms with Crippen molar-refractivity contribution in [1.82, 2.24) is 4.90 Å². The predicted octanol–water partition coefficient (Wildman–Crippen LogP) is 1.29. The van der Waals surface area contributed by atoms with Crippen LogP contribution >= 0.6 is 0 Å². The van der Waals surface area contributed by atoms with E-state index < -0.39 is 0 Å². The molecule has 1 N–H and O–H groups in total. The lowest BCUT2D eigenvalue weighted by atomic mass is 10.1. The molecule has 1 fully saturated rings. The second kappa shape index (κ2) is 5.65. The van der Waals surface area contributed by atoms with Gasteiger partial charge in [-0.1, -0.05) is 11.8 Å². The quantitative estimate of drug-likeness (QED) is 0.800. The average Bonchev–Trinajstić information content (AvgIpc) is 2.76. The average molecular weight is 247 g/mol. The van der Waals surface area contributed by atoms with Gasteiger partial charge in [-0.2, -0.15) is 0 Å². The highest BCUT2D eigenvalue weighted by atomic mass is 19.1. The molecule has 0 radical (unpaired) electrons. The molecule has 2 rings (SSSR count). The van der Waals surface area contributed by atoms with Crippen molar-refractivity contribution < 1.29 is 14.3 Å². The molecule has 18 heavy (non-hydrogen) atoms. The van der Waals surface area contributed by atoms with Gasteiger partial charge in [-0.15, -0.1) is 0 Å². The highest BCUT2D eigenvalue weighted by molar-refractivity contribution is 5.78. The molecule has 1 saturated heterocycles. The van der Waals surface area contributed by atoms with Crippen molar-refractivity contribution in [3.63, 3.8) is 0 Å². The van der Waals surface area contributed by atoms with Crippen LogP contribution in [0, 0.1) is 17.7 Å². The highest BCUT2D eigenvalue weighted by Gasteiger charge is 2.21. The molecule has 0 aliphatic carbocycles. The van der Waals surface area contributed by atoms with Gasteiger partial charge in [0.05, 0.1) is 0 Å². The van der Waals surface area contributed by atoms with E-state index in [1.54, 1.807) is 17.0 Å². The van der Waals surface area contributed by atoms with E-state index >= 15 is 0 Å². The Kier molecular flexibility index (Phi) is 3.96. The molecular formula is C14H14FNO2. The molecule has 1 aliphatic rings. The van der Waals surface area contributed by atoms with Crippen molar-refractivity contribution >= 4 is 5.91 Å². The molecule has 3 nitrogen and oxygen atoms in total. The molecule has 0 unspecified atom stereocenters. The standard InChI is InChI=1S/C14H14FNO2/c15-13-6-5-11(3-2-8-17)9-12(13)10-16-7-1-4-14(16)18/h5-6,9,17H,1,4,7-8,10H2. The molecule has 1 heterocycles. The number of aliphatic hydroxyl groups excluding tert-OH is 1. The van der Waals surface area contributed by atoms with Crippen LogP contribution in [-0.4, -0.2) is 29.1 Å². The van der Waals surface area contributed by atoms with Crippen LogP contribution in [0.1, 0.15) is 24.0 Å². The summed E-state index contributed by atoms with van der Waals surface area (Å²) in [7, 11) is 0.